The van der Waals surface area contributed by atoms with Crippen molar-refractivity contribution >= 4 is 23.3 Å². The summed E-state index contributed by atoms with van der Waals surface area (Å²) in [5.74, 6) is 0.558. The van der Waals surface area contributed by atoms with E-state index < -0.39 is 0 Å². The van der Waals surface area contributed by atoms with Gasteiger partial charge in [-0.15, -0.1) is 0 Å². The maximum absolute atomic E-state index is 11.9. The van der Waals surface area contributed by atoms with Crippen molar-refractivity contribution in [1.82, 2.24) is 20.1 Å². The number of methoxy groups -OCH3 is 1. The normalized spacial score (nSPS) is 11.8. The number of benzene rings is 1. The maximum Gasteiger partial charge on any atom is 0.319 e. The zero-order valence-corrected chi connectivity index (χ0v) is 12.5. The molecular formula is C13H16ClN5O2. The molecule has 112 valence electrons. The number of hydrogen-bond donors (Lipinski definition) is 2. The van der Waals surface area contributed by atoms with Crippen molar-refractivity contribution in [3.8, 4) is 5.75 Å². The van der Waals surface area contributed by atoms with Crippen molar-refractivity contribution in [3.05, 3.63) is 35.9 Å². The van der Waals surface area contributed by atoms with Crippen molar-refractivity contribution in [2.75, 3.05) is 12.4 Å². The first kappa shape index (κ1) is 15.1. The highest BCUT2D eigenvalue weighted by molar-refractivity contribution is 6.32. The minimum absolute atomic E-state index is 0.0968. The first-order valence-corrected chi connectivity index (χ1v) is 6.69. The van der Waals surface area contributed by atoms with E-state index >= 15 is 0 Å². The number of amides is 2. The van der Waals surface area contributed by atoms with Crippen LogP contribution in [0.15, 0.2) is 30.9 Å². The number of hydrogen-bond acceptors (Lipinski definition) is 4. The summed E-state index contributed by atoms with van der Waals surface area (Å²) in [5, 5.41) is 9.93. The summed E-state index contributed by atoms with van der Waals surface area (Å²) in [6.45, 7) is 2.42. The molecule has 0 aliphatic rings. The minimum Gasteiger partial charge on any atom is -0.495 e. The van der Waals surface area contributed by atoms with Gasteiger partial charge >= 0.3 is 6.03 Å². The van der Waals surface area contributed by atoms with Gasteiger partial charge in [0.2, 0.25) is 0 Å². The van der Waals surface area contributed by atoms with Gasteiger partial charge in [0.15, 0.2) is 0 Å². The van der Waals surface area contributed by atoms with Gasteiger partial charge in [0.05, 0.1) is 18.7 Å². The molecule has 0 spiro atoms. The molecule has 2 aromatic rings. The molecule has 2 amide bonds. The Morgan fingerprint density at radius 1 is 1.52 bits per heavy atom. The quantitative estimate of drug-likeness (QED) is 0.886. The smallest absolute Gasteiger partial charge is 0.319 e. The van der Waals surface area contributed by atoms with Crippen LogP contribution in [0.25, 0.3) is 0 Å². The largest absolute Gasteiger partial charge is 0.495 e. The van der Waals surface area contributed by atoms with Gasteiger partial charge in [0.1, 0.15) is 18.4 Å². The van der Waals surface area contributed by atoms with Crippen LogP contribution in [0.2, 0.25) is 5.02 Å². The number of aromatic nitrogens is 3. The number of halogens is 1. The second kappa shape index (κ2) is 6.94. The Bertz CT molecular complexity index is 603. The van der Waals surface area contributed by atoms with Gasteiger partial charge in [0, 0.05) is 11.7 Å². The highest BCUT2D eigenvalue weighted by Gasteiger charge is 2.09. The average Bonchev–Trinajstić information content (AvgIpc) is 2.91. The van der Waals surface area contributed by atoms with E-state index in [1.807, 2.05) is 6.92 Å². The lowest BCUT2D eigenvalue weighted by Gasteiger charge is -2.14. The standard InChI is InChI=1S/C13H16ClN5O2/c1-9(6-19-8-15-7-16-19)17-13(20)18-10-3-4-12(21-2)11(14)5-10/h3-5,7-9H,6H2,1-2H3,(H2,17,18,20)/t9-/m0/s1. The molecule has 1 heterocycles. The minimum atomic E-state index is -0.316. The van der Waals surface area contributed by atoms with Crippen molar-refractivity contribution < 1.29 is 9.53 Å². The molecule has 1 aromatic carbocycles. The highest BCUT2D eigenvalue weighted by Crippen LogP contribution is 2.27. The molecule has 2 rings (SSSR count). The second-order valence-corrected chi connectivity index (χ2v) is 4.87. The van der Waals surface area contributed by atoms with Crippen LogP contribution in [-0.2, 0) is 6.54 Å². The third-order valence-corrected chi connectivity index (χ3v) is 3.01. The fraction of sp³-hybridized carbons (Fsp3) is 0.308. The van der Waals surface area contributed by atoms with E-state index in [0.29, 0.717) is 23.0 Å². The monoisotopic (exact) mass is 309 g/mol. The van der Waals surface area contributed by atoms with Crippen LogP contribution in [0.1, 0.15) is 6.92 Å². The fourth-order valence-corrected chi connectivity index (χ4v) is 2.05. The predicted molar refractivity (Wildman–Crippen MR) is 79.6 cm³/mol. The SMILES string of the molecule is COc1ccc(NC(=O)N[C@@H](C)Cn2cncn2)cc1Cl. The Hall–Kier alpha value is -2.28. The summed E-state index contributed by atoms with van der Waals surface area (Å²) in [6.07, 6.45) is 3.05. The molecular weight excluding hydrogens is 294 g/mol. The molecule has 0 bridgehead atoms. The van der Waals surface area contributed by atoms with Gasteiger partial charge < -0.3 is 15.4 Å². The zero-order valence-electron chi connectivity index (χ0n) is 11.7. The first-order valence-electron chi connectivity index (χ1n) is 6.32. The van der Waals surface area contributed by atoms with E-state index in [9.17, 15) is 4.79 Å². The van der Waals surface area contributed by atoms with E-state index in [2.05, 4.69) is 20.7 Å². The fourth-order valence-electron chi connectivity index (χ4n) is 1.79. The molecule has 1 atom stereocenters. The molecule has 21 heavy (non-hydrogen) atoms. The molecule has 8 heteroatoms. The molecule has 0 fully saturated rings. The zero-order chi connectivity index (χ0) is 15.2. The lowest BCUT2D eigenvalue weighted by Crippen LogP contribution is -2.38. The number of ether oxygens (including phenoxy) is 1. The van der Waals surface area contributed by atoms with Crippen LogP contribution in [0.4, 0.5) is 10.5 Å². The van der Waals surface area contributed by atoms with Gasteiger partial charge in [-0.2, -0.15) is 5.10 Å². The molecule has 0 saturated carbocycles. The third-order valence-electron chi connectivity index (χ3n) is 2.71. The average molecular weight is 310 g/mol. The number of anilines is 1. The molecule has 1 aromatic heterocycles. The van der Waals surface area contributed by atoms with Gasteiger partial charge in [-0.05, 0) is 25.1 Å². The summed E-state index contributed by atoms with van der Waals surface area (Å²) < 4.78 is 6.70. The summed E-state index contributed by atoms with van der Waals surface area (Å²) in [4.78, 5) is 15.7. The Morgan fingerprint density at radius 2 is 2.33 bits per heavy atom. The molecule has 0 unspecified atom stereocenters. The van der Waals surface area contributed by atoms with Crippen molar-refractivity contribution in [1.29, 1.82) is 0 Å². The summed E-state index contributed by atoms with van der Waals surface area (Å²) in [7, 11) is 1.53. The maximum atomic E-state index is 11.9. The Morgan fingerprint density at radius 3 is 2.95 bits per heavy atom. The first-order chi connectivity index (χ1) is 10.1. The van der Waals surface area contributed by atoms with Crippen LogP contribution < -0.4 is 15.4 Å². The second-order valence-electron chi connectivity index (χ2n) is 4.47. The van der Waals surface area contributed by atoms with Crippen molar-refractivity contribution in [2.45, 2.75) is 19.5 Å². The number of nitrogens with one attached hydrogen (secondary N) is 2. The van der Waals surface area contributed by atoms with Gasteiger partial charge in [-0.3, -0.25) is 4.68 Å². The predicted octanol–water partition coefficient (Wildman–Crippen LogP) is 2.15. The Kier molecular flexibility index (Phi) is 4.99. The number of urea groups is 1. The Balaban J connectivity index is 1.87. The number of nitrogens with zero attached hydrogens (tertiary/aromatic N) is 3. The van der Waals surface area contributed by atoms with E-state index in [1.165, 1.54) is 13.4 Å². The molecule has 0 aliphatic carbocycles. The van der Waals surface area contributed by atoms with Crippen LogP contribution in [-0.4, -0.2) is 33.9 Å². The van der Waals surface area contributed by atoms with Gasteiger partial charge in [0.25, 0.3) is 0 Å². The topological polar surface area (TPSA) is 81.1 Å². The summed E-state index contributed by atoms with van der Waals surface area (Å²) >= 11 is 6.00. The van der Waals surface area contributed by atoms with Crippen LogP contribution >= 0.6 is 11.6 Å². The number of carbonyl (C=O) groups is 1. The van der Waals surface area contributed by atoms with E-state index in [0.717, 1.165) is 0 Å². The van der Waals surface area contributed by atoms with E-state index in [1.54, 1.807) is 29.2 Å². The summed E-state index contributed by atoms with van der Waals surface area (Å²) in [5.41, 5.74) is 0.589. The molecule has 0 radical (unpaired) electrons. The van der Waals surface area contributed by atoms with Crippen molar-refractivity contribution in [3.63, 3.8) is 0 Å². The van der Waals surface area contributed by atoms with Gasteiger partial charge in [-0.1, -0.05) is 11.6 Å². The number of carbonyl (C=O) groups excluding carboxylic acids is 1. The van der Waals surface area contributed by atoms with E-state index in [4.69, 9.17) is 16.3 Å². The van der Waals surface area contributed by atoms with Crippen LogP contribution in [0.5, 0.6) is 5.75 Å². The van der Waals surface area contributed by atoms with Crippen molar-refractivity contribution in [2.24, 2.45) is 0 Å². The summed E-state index contributed by atoms with van der Waals surface area (Å²) in [6, 6.07) is 4.62. The molecule has 0 saturated heterocycles. The highest BCUT2D eigenvalue weighted by atomic mass is 35.5. The van der Waals surface area contributed by atoms with Crippen LogP contribution in [0, 0.1) is 0 Å². The lowest BCUT2D eigenvalue weighted by molar-refractivity contribution is 0.247. The molecule has 7 nitrogen and oxygen atoms in total. The third kappa shape index (κ3) is 4.35. The van der Waals surface area contributed by atoms with Crippen LogP contribution in [0.3, 0.4) is 0 Å². The van der Waals surface area contributed by atoms with Gasteiger partial charge in [-0.25, -0.2) is 9.78 Å². The number of rotatable bonds is 5. The Labute approximate surface area is 127 Å². The molecule has 0 aliphatic heterocycles. The van der Waals surface area contributed by atoms with E-state index in [-0.39, 0.29) is 12.1 Å². The lowest BCUT2D eigenvalue weighted by atomic mass is 10.3. The molecule has 2 N–H and O–H groups in total.